The van der Waals surface area contributed by atoms with Crippen molar-refractivity contribution in [3.8, 4) is 11.5 Å². The molecule has 5 nitrogen and oxygen atoms in total. The first-order chi connectivity index (χ1) is 12.7. The van der Waals surface area contributed by atoms with E-state index in [1.807, 2.05) is 0 Å². The van der Waals surface area contributed by atoms with Crippen LogP contribution in [0.2, 0.25) is 0 Å². The van der Waals surface area contributed by atoms with E-state index in [4.69, 9.17) is 9.47 Å². The molecular formula is C21H27N2O3+. The molecule has 0 spiro atoms. The van der Waals surface area contributed by atoms with E-state index in [1.165, 1.54) is 31.5 Å². The smallest absolute Gasteiger partial charge is 0.258 e. The maximum atomic E-state index is 11.9. The van der Waals surface area contributed by atoms with Crippen LogP contribution in [0.3, 0.4) is 0 Å². The molecule has 0 radical (unpaired) electrons. The molecule has 0 aromatic heterocycles. The summed E-state index contributed by atoms with van der Waals surface area (Å²) in [7, 11) is 1.61. The van der Waals surface area contributed by atoms with Gasteiger partial charge in [0.15, 0.2) is 6.61 Å². The zero-order valence-electron chi connectivity index (χ0n) is 15.3. The average Bonchev–Trinajstić information content (AvgIpc) is 3.19. The molecule has 2 aromatic rings. The molecule has 0 unspecified atom stereocenters. The zero-order valence-corrected chi connectivity index (χ0v) is 15.3. The summed E-state index contributed by atoms with van der Waals surface area (Å²) in [6, 6.07) is 15.7. The quantitative estimate of drug-likeness (QED) is 0.756. The number of nitrogens with one attached hydrogen (secondary N) is 2. The molecule has 0 atom stereocenters. The standard InChI is InChI=1S/C21H26N2O3/c1-25-19-8-10-20(11-9-19)26-16-21(24)22-14-17-4-6-18(7-5-17)15-23-12-2-3-13-23/h4-11H,2-3,12-16H2,1H3,(H,22,24)/p+1. The Kier molecular flexibility index (Phi) is 6.50. The maximum absolute atomic E-state index is 11.9. The highest BCUT2D eigenvalue weighted by molar-refractivity contribution is 5.77. The fraction of sp³-hybridized carbons (Fsp3) is 0.381. The van der Waals surface area contributed by atoms with Crippen molar-refractivity contribution in [1.82, 2.24) is 5.32 Å². The average molecular weight is 355 g/mol. The second-order valence-electron chi connectivity index (χ2n) is 6.69. The van der Waals surface area contributed by atoms with Crippen LogP contribution in [0.25, 0.3) is 0 Å². The van der Waals surface area contributed by atoms with Gasteiger partial charge in [0.25, 0.3) is 5.91 Å². The van der Waals surface area contributed by atoms with Crippen molar-refractivity contribution in [2.24, 2.45) is 0 Å². The minimum absolute atomic E-state index is 0.00271. The van der Waals surface area contributed by atoms with Gasteiger partial charge in [0.1, 0.15) is 18.0 Å². The van der Waals surface area contributed by atoms with Gasteiger partial charge >= 0.3 is 0 Å². The molecule has 1 fully saturated rings. The van der Waals surface area contributed by atoms with Crippen molar-refractivity contribution in [3.63, 3.8) is 0 Å². The van der Waals surface area contributed by atoms with Gasteiger partial charge in [-0.25, -0.2) is 0 Å². The lowest BCUT2D eigenvalue weighted by Crippen LogP contribution is -3.08. The number of ether oxygens (including phenoxy) is 2. The highest BCUT2D eigenvalue weighted by Gasteiger charge is 2.15. The van der Waals surface area contributed by atoms with Crippen molar-refractivity contribution < 1.29 is 19.2 Å². The van der Waals surface area contributed by atoms with Crippen LogP contribution in [0, 0.1) is 0 Å². The summed E-state index contributed by atoms with van der Waals surface area (Å²) in [5, 5.41) is 2.89. The molecule has 5 heteroatoms. The van der Waals surface area contributed by atoms with Gasteiger partial charge < -0.3 is 19.7 Å². The van der Waals surface area contributed by atoms with E-state index < -0.39 is 0 Å². The van der Waals surface area contributed by atoms with Gasteiger partial charge in [-0.15, -0.1) is 0 Å². The van der Waals surface area contributed by atoms with Crippen LogP contribution < -0.4 is 19.7 Å². The normalized spacial score (nSPS) is 14.2. The van der Waals surface area contributed by atoms with E-state index in [1.54, 1.807) is 36.3 Å². The largest absolute Gasteiger partial charge is 0.497 e. The second kappa shape index (κ2) is 9.25. The summed E-state index contributed by atoms with van der Waals surface area (Å²) in [6.07, 6.45) is 2.69. The first-order valence-corrected chi connectivity index (χ1v) is 9.18. The number of rotatable bonds is 8. The van der Waals surface area contributed by atoms with Gasteiger partial charge in [0, 0.05) is 24.9 Å². The van der Waals surface area contributed by atoms with Gasteiger partial charge in [0.2, 0.25) is 0 Å². The predicted octanol–water partition coefficient (Wildman–Crippen LogP) is 1.57. The first-order valence-electron chi connectivity index (χ1n) is 9.18. The molecule has 1 aliphatic rings. The topological polar surface area (TPSA) is 52.0 Å². The number of benzene rings is 2. The van der Waals surface area contributed by atoms with E-state index in [0.717, 1.165) is 17.9 Å². The molecule has 1 heterocycles. The lowest BCUT2D eigenvalue weighted by atomic mass is 10.1. The van der Waals surface area contributed by atoms with E-state index in [2.05, 4.69) is 29.6 Å². The van der Waals surface area contributed by atoms with Gasteiger partial charge in [-0.1, -0.05) is 24.3 Å². The highest BCUT2D eigenvalue weighted by atomic mass is 16.5. The van der Waals surface area contributed by atoms with E-state index >= 15 is 0 Å². The Labute approximate surface area is 154 Å². The molecule has 0 bridgehead atoms. The summed E-state index contributed by atoms with van der Waals surface area (Å²) >= 11 is 0. The van der Waals surface area contributed by atoms with Crippen LogP contribution in [-0.4, -0.2) is 32.7 Å². The molecule has 1 saturated heterocycles. The van der Waals surface area contributed by atoms with Gasteiger partial charge in [-0.3, -0.25) is 4.79 Å². The van der Waals surface area contributed by atoms with Crippen LogP contribution in [0.1, 0.15) is 24.0 Å². The molecule has 0 saturated carbocycles. The predicted molar refractivity (Wildman–Crippen MR) is 100 cm³/mol. The maximum Gasteiger partial charge on any atom is 0.258 e. The van der Waals surface area contributed by atoms with E-state index in [-0.39, 0.29) is 12.5 Å². The summed E-state index contributed by atoms with van der Waals surface area (Å²) in [6.45, 7) is 4.19. The summed E-state index contributed by atoms with van der Waals surface area (Å²) in [4.78, 5) is 13.6. The monoisotopic (exact) mass is 355 g/mol. The van der Waals surface area contributed by atoms with Crippen LogP contribution in [0.5, 0.6) is 11.5 Å². The molecule has 2 aromatic carbocycles. The molecule has 1 amide bonds. The number of likely N-dealkylation sites (tertiary alicyclic amines) is 1. The number of hydrogen-bond donors (Lipinski definition) is 2. The number of methoxy groups -OCH3 is 1. The third-order valence-corrected chi connectivity index (χ3v) is 4.71. The number of carbonyl (C=O) groups is 1. The second-order valence-corrected chi connectivity index (χ2v) is 6.69. The van der Waals surface area contributed by atoms with Crippen molar-refractivity contribution in [1.29, 1.82) is 0 Å². The highest BCUT2D eigenvalue weighted by Crippen LogP contribution is 2.16. The van der Waals surface area contributed by atoms with Crippen molar-refractivity contribution in [2.75, 3.05) is 26.8 Å². The molecule has 26 heavy (non-hydrogen) atoms. The van der Waals surface area contributed by atoms with E-state index in [9.17, 15) is 4.79 Å². The number of quaternary nitrogens is 1. The molecule has 0 aliphatic carbocycles. The van der Waals surface area contributed by atoms with Crippen LogP contribution >= 0.6 is 0 Å². The molecular weight excluding hydrogens is 328 g/mol. The van der Waals surface area contributed by atoms with Gasteiger partial charge in [-0.2, -0.15) is 0 Å². The Morgan fingerprint density at radius 1 is 0.962 bits per heavy atom. The fourth-order valence-electron chi connectivity index (χ4n) is 3.19. The molecule has 3 rings (SSSR count). The van der Waals surface area contributed by atoms with Crippen molar-refractivity contribution in [3.05, 3.63) is 59.7 Å². The van der Waals surface area contributed by atoms with Crippen LogP contribution in [0.15, 0.2) is 48.5 Å². The Balaban J connectivity index is 1.39. The van der Waals surface area contributed by atoms with Crippen molar-refractivity contribution >= 4 is 5.91 Å². The number of hydrogen-bond acceptors (Lipinski definition) is 3. The third-order valence-electron chi connectivity index (χ3n) is 4.71. The Morgan fingerprint density at radius 2 is 1.58 bits per heavy atom. The zero-order chi connectivity index (χ0) is 18.2. The summed E-state index contributed by atoms with van der Waals surface area (Å²) in [5.74, 6) is 1.28. The van der Waals surface area contributed by atoms with Gasteiger partial charge in [0.05, 0.1) is 20.2 Å². The van der Waals surface area contributed by atoms with Crippen LogP contribution in [-0.2, 0) is 17.9 Å². The SMILES string of the molecule is COc1ccc(OCC(=O)NCc2ccc(C[NH+]3CCCC3)cc2)cc1. The first kappa shape index (κ1) is 18.3. The molecule has 1 aliphatic heterocycles. The lowest BCUT2D eigenvalue weighted by Gasteiger charge is -2.12. The third kappa shape index (κ3) is 5.49. The minimum atomic E-state index is -0.133. The Morgan fingerprint density at radius 3 is 2.23 bits per heavy atom. The molecule has 2 N–H and O–H groups in total. The Bertz CT molecular complexity index is 692. The van der Waals surface area contributed by atoms with Crippen molar-refractivity contribution in [2.45, 2.75) is 25.9 Å². The molecule has 138 valence electrons. The van der Waals surface area contributed by atoms with Crippen LogP contribution in [0.4, 0.5) is 0 Å². The summed E-state index contributed by atoms with van der Waals surface area (Å²) in [5.41, 5.74) is 2.46. The number of amides is 1. The van der Waals surface area contributed by atoms with Gasteiger partial charge in [-0.05, 0) is 29.8 Å². The number of carbonyl (C=O) groups excluding carboxylic acids is 1. The van der Waals surface area contributed by atoms with E-state index in [0.29, 0.717) is 12.3 Å². The lowest BCUT2D eigenvalue weighted by molar-refractivity contribution is -0.901. The summed E-state index contributed by atoms with van der Waals surface area (Å²) < 4.78 is 10.6. The Hall–Kier alpha value is -2.53. The fourth-order valence-corrected chi connectivity index (χ4v) is 3.19. The minimum Gasteiger partial charge on any atom is -0.497 e.